The Morgan fingerprint density at radius 3 is 2.68 bits per heavy atom. The maximum Gasteiger partial charge on any atom is 0.122 e. The van der Waals surface area contributed by atoms with Gasteiger partial charge in [-0.25, -0.2) is 4.68 Å². The Morgan fingerprint density at radius 1 is 1.32 bits per heavy atom. The molecule has 0 unspecified atom stereocenters. The van der Waals surface area contributed by atoms with Crippen LogP contribution in [0.15, 0.2) is 30.5 Å². The van der Waals surface area contributed by atoms with Gasteiger partial charge < -0.3 is 9.84 Å². The van der Waals surface area contributed by atoms with Crippen molar-refractivity contribution in [3.8, 4) is 5.75 Å². The van der Waals surface area contributed by atoms with Crippen LogP contribution in [0.2, 0.25) is 0 Å². The Bertz CT molecular complexity index is 544. The first-order valence-electron chi connectivity index (χ1n) is 6.28. The molecule has 0 aliphatic carbocycles. The van der Waals surface area contributed by atoms with Gasteiger partial charge in [-0.05, 0) is 32.4 Å². The summed E-state index contributed by atoms with van der Waals surface area (Å²) in [5.41, 5.74) is 0.705. The number of hydrogen-bond donors (Lipinski definition) is 1. The summed E-state index contributed by atoms with van der Waals surface area (Å²) >= 11 is 0. The van der Waals surface area contributed by atoms with Gasteiger partial charge in [0.15, 0.2) is 0 Å². The highest BCUT2D eigenvalue weighted by Crippen LogP contribution is 2.17. The maximum absolute atomic E-state index is 9.80. The Balaban J connectivity index is 1.90. The third-order valence-corrected chi connectivity index (χ3v) is 2.84. The zero-order valence-corrected chi connectivity index (χ0v) is 11.5. The molecule has 1 N–H and O–H groups in total. The second kappa shape index (κ2) is 5.40. The van der Waals surface area contributed by atoms with Gasteiger partial charge in [-0.1, -0.05) is 23.4 Å². The van der Waals surface area contributed by atoms with E-state index in [2.05, 4.69) is 10.3 Å². The third kappa shape index (κ3) is 3.54. The van der Waals surface area contributed by atoms with Crippen molar-refractivity contribution >= 4 is 0 Å². The van der Waals surface area contributed by atoms with E-state index in [1.54, 1.807) is 24.7 Å². The van der Waals surface area contributed by atoms with E-state index in [0.29, 0.717) is 18.8 Å². The molecule has 102 valence electrons. The molecule has 1 aromatic carbocycles. The zero-order valence-electron chi connectivity index (χ0n) is 11.5. The normalized spacial score (nSPS) is 11.6. The number of aliphatic hydroxyl groups is 1. The lowest BCUT2D eigenvalue weighted by Crippen LogP contribution is -2.16. The Morgan fingerprint density at radius 2 is 2.05 bits per heavy atom. The van der Waals surface area contributed by atoms with E-state index in [-0.39, 0.29) is 0 Å². The largest absolute Gasteiger partial charge is 0.491 e. The van der Waals surface area contributed by atoms with E-state index >= 15 is 0 Å². The molecule has 0 fully saturated rings. The molecule has 0 aliphatic heterocycles. The van der Waals surface area contributed by atoms with Crippen LogP contribution in [-0.4, -0.2) is 26.7 Å². The smallest absolute Gasteiger partial charge is 0.122 e. The molecular formula is C14H19N3O2. The number of hydrogen-bond acceptors (Lipinski definition) is 4. The van der Waals surface area contributed by atoms with Gasteiger partial charge in [0.05, 0.1) is 12.7 Å². The van der Waals surface area contributed by atoms with E-state index in [1.807, 2.05) is 31.2 Å². The van der Waals surface area contributed by atoms with Gasteiger partial charge in [-0.2, -0.15) is 0 Å². The monoisotopic (exact) mass is 261 g/mol. The maximum atomic E-state index is 9.80. The van der Waals surface area contributed by atoms with E-state index < -0.39 is 5.60 Å². The van der Waals surface area contributed by atoms with Crippen molar-refractivity contribution in [2.75, 3.05) is 6.61 Å². The minimum absolute atomic E-state index is 0.513. The molecule has 0 amide bonds. The Hall–Kier alpha value is -1.88. The predicted molar refractivity (Wildman–Crippen MR) is 71.9 cm³/mol. The highest BCUT2D eigenvalue weighted by Gasteiger charge is 2.19. The highest BCUT2D eigenvalue weighted by atomic mass is 16.5. The summed E-state index contributed by atoms with van der Waals surface area (Å²) in [6, 6.07) is 7.88. The molecule has 0 spiro atoms. The summed E-state index contributed by atoms with van der Waals surface area (Å²) in [5, 5.41) is 17.7. The van der Waals surface area contributed by atoms with Gasteiger partial charge in [0, 0.05) is 0 Å². The fraction of sp³-hybridized carbons (Fsp3) is 0.429. The SMILES string of the molecule is Cc1ccccc1OCCn1cc(C(C)(C)O)nn1. The van der Waals surface area contributed by atoms with E-state index in [1.165, 1.54) is 0 Å². The van der Waals surface area contributed by atoms with E-state index in [9.17, 15) is 5.11 Å². The molecule has 0 saturated carbocycles. The van der Waals surface area contributed by atoms with Crippen LogP contribution in [0.3, 0.4) is 0 Å². The van der Waals surface area contributed by atoms with Gasteiger partial charge >= 0.3 is 0 Å². The molecule has 0 atom stereocenters. The van der Waals surface area contributed by atoms with Crippen molar-refractivity contribution in [1.29, 1.82) is 0 Å². The number of aromatic nitrogens is 3. The number of para-hydroxylation sites is 1. The first-order valence-corrected chi connectivity index (χ1v) is 6.28. The molecule has 1 heterocycles. The number of aryl methyl sites for hydroxylation is 1. The second-order valence-corrected chi connectivity index (χ2v) is 5.04. The quantitative estimate of drug-likeness (QED) is 0.893. The molecule has 5 nitrogen and oxygen atoms in total. The Labute approximate surface area is 112 Å². The summed E-state index contributed by atoms with van der Waals surface area (Å²) in [4.78, 5) is 0. The van der Waals surface area contributed by atoms with Gasteiger partial charge in [0.25, 0.3) is 0 Å². The van der Waals surface area contributed by atoms with Gasteiger partial charge in [0.2, 0.25) is 0 Å². The average molecular weight is 261 g/mol. The molecule has 0 saturated heterocycles. The van der Waals surface area contributed by atoms with Crippen LogP contribution < -0.4 is 4.74 Å². The number of ether oxygens (including phenoxy) is 1. The summed E-state index contributed by atoms with van der Waals surface area (Å²) in [6.45, 7) is 6.49. The van der Waals surface area contributed by atoms with Gasteiger partial charge in [0.1, 0.15) is 23.7 Å². The van der Waals surface area contributed by atoms with Crippen LogP contribution in [0.25, 0.3) is 0 Å². The molecule has 0 aliphatic rings. The molecule has 5 heteroatoms. The number of benzene rings is 1. The highest BCUT2D eigenvalue weighted by molar-refractivity contribution is 5.31. The fourth-order valence-corrected chi connectivity index (χ4v) is 1.66. The fourth-order valence-electron chi connectivity index (χ4n) is 1.66. The van der Waals surface area contributed by atoms with Crippen LogP contribution in [0.5, 0.6) is 5.75 Å². The predicted octanol–water partition coefficient (Wildman–Crippen LogP) is 1.89. The third-order valence-electron chi connectivity index (χ3n) is 2.84. The van der Waals surface area contributed by atoms with Crippen LogP contribution in [-0.2, 0) is 12.1 Å². The summed E-state index contributed by atoms with van der Waals surface area (Å²) in [6.07, 6.45) is 1.74. The average Bonchev–Trinajstić information content (AvgIpc) is 2.80. The van der Waals surface area contributed by atoms with Crippen molar-refractivity contribution in [1.82, 2.24) is 15.0 Å². The lowest BCUT2D eigenvalue weighted by atomic mass is 10.1. The zero-order chi connectivity index (χ0) is 13.9. The first kappa shape index (κ1) is 13.5. The molecule has 2 rings (SSSR count). The first-order chi connectivity index (χ1) is 8.97. The number of rotatable bonds is 5. The lowest BCUT2D eigenvalue weighted by Gasteiger charge is -2.12. The molecular weight excluding hydrogens is 242 g/mol. The molecule has 1 aromatic heterocycles. The molecule has 0 bridgehead atoms. The van der Waals surface area contributed by atoms with Crippen molar-refractivity contribution in [3.05, 3.63) is 41.7 Å². The van der Waals surface area contributed by atoms with Crippen LogP contribution in [0.1, 0.15) is 25.1 Å². The van der Waals surface area contributed by atoms with Crippen molar-refractivity contribution in [2.45, 2.75) is 32.9 Å². The summed E-state index contributed by atoms with van der Waals surface area (Å²) in [7, 11) is 0. The summed E-state index contributed by atoms with van der Waals surface area (Å²) in [5.74, 6) is 0.880. The van der Waals surface area contributed by atoms with Crippen molar-refractivity contribution < 1.29 is 9.84 Å². The lowest BCUT2D eigenvalue weighted by molar-refractivity contribution is 0.0737. The van der Waals surface area contributed by atoms with Crippen LogP contribution in [0, 0.1) is 6.92 Å². The van der Waals surface area contributed by atoms with E-state index in [0.717, 1.165) is 11.3 Å². The van der Waals surface area contributed by atoms with Gasteiger partial charge in [-0.15, -0.1) is 5.10 Å². The second-order valence-electron chi connectivity index (χ2n) is 5.04. The minimum atomic E-state index is -0.963. The molecule has 0 radical (unpaired) electrons. The molecule has 2 aromatic rings. The van der Waals surface area contributed by atoms with Crippen molar-refractivity contribution in [2.24, 2.45) is 0 Å². The topological polar surface area (TPSA) is 60.2 Å². The van der Waals surface area contributed by atoms with E-state index in [4.69, 9.17) is 4.74 Å². The minimum Gasteiger partial charge on any atom is -0.491 e. The Kier molecular flexibility index (Phi) is 3.85. The van der Waals surface area contributed by atoms with Crippen LogP contribution in [0.4, 0.5) is 0 Å². The molecule has 19 heavy (non-hydrogen) atoms. The van der Waals surface area contributed by atoms with Gasteiger partial charge in [-0.3, -0.25) is 0 Å². The van der Waals surface area contributed by atoms with Crippen molar-refractivity contribution in [3.63, 3.8) is 0 Å². The van der Waals surface area contributed by atoms with Crippen LogP contribution >= 0.6 is 0 Å². The standard InChI is InChI=1S/C14H19N3O2/c1-11-6-4-5-7-12(11)19-9-8-17-10-13(15-16-17)14(2,3)18/h4-7,10,18H,8-9H2,1-3H3. The summed E-state index contributed by atoms with van der Waals surface area (Å²) < 4.78 is 7.36. The number of nitrogens with zero attached hydrogens (tertiary/aromatic N) is 3.